The van der Waals surface area contributed by atoms with Crippen LogP contribution in [0.1, 0.15) is 22.6 Å². The number of para-hydroxylation sites is 1. The predicted octanol–water partition coefficient (Wildman–Crippen LogP) is 1.68. The van der Waals surface area contributed by atoms with Crippen LogP contribution in [-0.2, 0) is 9.53 Å². The third-order valence-corrected chi connectivity index (χ3v) is 5.16. The highest BCUT2D eigenvalue weighted by Gasteiger charge is 2.38. The van der Waals surface area contributed by atoms with E-state index < -0.39 is 0 Å². The molecule has 0 unspecified atom stereocenters. The summed E-state index contributed by atoms with van der Waals surface area (Å²) in [6.07, 6.45) is 3.82. The molecule has 4 rings (SSSR count). The molecule has 1 aromatic carbocycles. The second-order valence-electron chi connectivity index (χ2n) is 7.03. The van der Waals surface area contributed by atoms with Gasteiger partial charge in [-0.2, -0.15) is 0 Å². The highest BCUT2D eigenvalue weighted by molar-refractivity contribution is 5.94. The lowest BCUT2D eigenvalue weighted by Crippen LogP contribution is -2.49. The SMILES string of the molecule is Cc1cnc(C(=O)N2CC[C@@H]3OCC(=O)N(c4ccccc4)C[C@H]3C2)cn1. The van der Waals surface area contributed by atoms with Crippen molar-refractivity contribution in [2.24, 2.45) is 5.92 Å². The van der Waals surface area contributed by atoms with Gasteiger partial charge < -0.3 is 14.5 Å². The van der Waals surface area contributed by atoms with Crippen molar-refractivity contribution in [2.75, 3.05) is 31.1 Å². The smallest absolute Gasteiger partial charge is 0.274 e. The number of amides is 2. The Morgan fingerprint density at radius 3 is 2.70 bits per heavy atom. The average Bonchev–Trinajstić information content (AvgIpc) is 2.87. The van der Waals surface area contributed by atoms with Crippen LogP contribution in [0.25, 0.3) is 0 Å². The van der Waals surface area contributed by atoms with Crippen LogP contribution in [0.4, 0.5) is 5.69 Å². The standard InChI is InChI=1S/C20H22N4O3/c1-14-9-22-17(10-21-14)20(26)23-8-7-18-15(11-23)12-24(19(25)13-27-18)16-5-3-2-4-6-16/h2-6,9-10,15,18H,7-8,11-13H2,1H3/t15-,18+/m1/s1. The van der Waals surface area contributed by atoms with Gasteiger partial charge in [0.25, 0.3) is 11.8 Å². The number of fused-ring (bicyclic) bond motifs is 1. The van der Waals surface area contributed by atoms with Crippen molar-refractivity contribution in [1.29, 1.82) is 0 Å². The van der Waals surface area contributed by atoms with Crippen molar-refractivity contribution >= 4 is 17.5 Å². The summed E-state index contributed by atoms with van der Waals surface area (Å²) in [6, 6.07) is 9.60. The monoisotopic (exact) mass is 366 g/mol. The third-order valence-electron chi connectivity index (χ3n) is 5.16. The fourth-order valence-electron chi connectivity index (χ4n) is 3.70. The van der Waals surface area contributed by atoms with Crippen LogP contribution in [0.2, 0.25) is 0 Å². The molecule has 0 radical (unpaired) electrons. The van der Waals surface area contributed by atoms with Gasteiger partial charge in [0.1, 0.15) is 12.3 Å². The van der Waals surface area contributed by atoms with Gasteiger partial charge in [0.15, 0.2) is 0 Å². The number of rotatable bonds is 2. The molecule has 2 aromatic rings. The molecule has 27 heavy (non-hydrogen) atoms. The lowest BCUT2D eigenvalue weighted by molar-refractivity contribution is -0.124. The van der Waals surface area contributed by atoms with E-state index in [1.165, 1.54) is 6.20 Å². The van der Waals surface area contributed by atoms with E-state index in [2.05, 4.69) is 9.97 Å². The maximum absolute atomic E-state index is 12.8. The Kier molecular flexibility index (Phi) is 4.85. The molecule has 2 atom stereocenters. The molecule has 140 valence electrons. The first-order valence-electron chi connectivity index (χ1n) is 9.17. The largest absolute Gasteiger partial charge is 0.368 e. The fourth-order valence-corrected chi connectivity index (χ4v) is 3.70. The number of aryl methyl sites for hydroxylation is 1. The maximum Gasteiger partial charge on any atom is 0.274 e. The number of benzene rings is 1. The van der Waals surface area contributed by atoms with Crippen LogP contribution < -0.4 is 4.90 Å². The molecule has 7 nitrogen and oxygen atoms in total. The minimum atomic E-state index is -0.122. The molecule has 2 aliphatic rings. The summed E-state index contributed by atoms with van der Waals surface area (Å²) >= 11 is 0. The summed E-state index contributed by atoms with van der Waals surface area (Å²) in [5.41, 5.74) is 1.99. The molecule has 0 N–H and O–H groups in total. The van der Waals surface area contributed by atoms with E-state index in [4.69, 9.17) is 4.74 Å². The van der Waals surface area contributed by atoms with Crippen LogP contribution in [0.15, 0.2) is 42.7 Å². The van der Waals surface area contributed by atoms with E-state index in [0.29, 0.717) is 31.7 Å². The van der Waals surface area contributed by atoms with Crippen LogP contribution in [-0.4, -0.2) is 59.0 Å². The van der Waals surface area contributed by atoms with Gasteiger partial charge in [-0.15, -0.1) is 0 Å². The second-order valence-corrected chi connectivity index (χ2v) is 7.03. The lowest BCUT2D eigenvalue weighted by atomic mass is 9.93. The van der Waals surface area contributed by atoms with Crippen LogP contribution in [0.5, 0.6) is 0 Å². The maximum atomic E-state index is 12.8. The van der Waals surface area contributed by atoms with Gasteiger partial charge >= 0.3 is 0 Å². The van der Waals surface area contributed by atoms with Gasteiger partial charge in [-0.3, -0.25) is 14.6 Å². The average molecular weight is 366 g/mol. The second kappa shape index (κ2) is 7.44. The molecule has 2 aliphatic heterocycles. The minimum absolute atomic E-state index is 0.0178. The van der Waals surface area contributed by atoms with Crippen molar-refractivity contribution in [3.8, 4) is 0 Å². The van der Waals surface area contributed by atoms with Crippen LogP contribution in [0, 0.1) is 12.8 Å². The molecule has 3 heterocycles. The van der Waals surface area contributed by atoms with Crippen molar-refractivity contribution in [3.63, 3.8) is 0 Å². The predicted molar refractivity (Wildman–Crippen MR) is 99.3 cm³/mol. The number of carbonyl (C=O) groups excluding carboxylic acids is 2. The Balaban J connectivity index is 1.51. The molecule has 7 heteroatoms. The molecule has 2 fully saturated rings. The van der Waals surface area contributed by atoms with Gasteiger partial charge in [0, 0.05) is 37.4 Å². The number of piperidine rings is 1. The van der Waals surface area contributed by atoms with E-state index in [9.17, 15) is 9.59 Å². The van der Waals surface area contributed by atoms with E-state index in [0.717, 1.165) is 11.4 Å². The summed E-state index contributed by atoms with van der Waals surface area (Å²) < 4.78 is 5.86. The first-order chi connectivity index (χ1) is 13.1. The fraction of sp³-hybridized carbons (Fsp3) is 0.400. The van der Waals surface area contributed by atoms with Gasteiger partial charge in [0.2, 0.25) is 0 Å². The zero-order valence-corrected chi connectivity index (χ0v) is 15.2. The first kappa shape index (κ1) is 17.6. The highest BCUT2D eigenvalue weighted by Crippen LogP contribution is 2.27. The first-order valence-corrected chi connectivity index (χ1v) is 9.17. The summed E-state index contributed by atoms with van der Waals surface area (Å²) in [6.45, 7) is 3.58. The van der Waals surface area contributed by atoms with E-state index in [-0.39, 0.29) is 30.4 Å². The van der Waals surface area contributed by atoms with Gasteiger partial charge in [-0.25, -0.2) is 4.98 Å². The lowest BCUT2D eigenvalue weighted by Gasteiger charge is -2.37. The van der Waals surface area contributed by atoms with Crippen molar-refractivity contribution in [3.05, 3.63) is 54.1 Å². The zero-order chi connectivity index (χ0) is 18.8. The molecular formula is C20H22N4O3. The highest BCUT2D eigenvalue weighted by atomic mass is 16.5. The van der Waals surface area contributed by atoms with Crippen LogP contribution >= 0.6 is 0 Å². The van der Waals surface area contributed by atoms with Crippen molar-refractivity contribution in [2.45, 2.75) is 19.4 Å². The zero-order valence-electron chi connectivity index (χ0n) is 15.2. The minimum Gasteiger partial charge on any atom is -0.368 e. The van der Waals surface area contributed by atoms with Gasteiger partial charge in [-0.05, 0) is 25.5 Å². The molecule has 2 saturated heterocycles. The number of anilines is 1. The topological polar surface area (TPSA) is 75.6 Å². The molecule has 1 aromatic heterocycles. The molecule has 0 spiro atoms. The number of likely N-dealkylation sites (tertiary alicyclic amines) is 1. The Hall–Kier alpha value is -2.80. The molecule has 0 bridgehead atoms. The normalized spacial score (nSPS) is 22.9. The quantitative estimate of drug-likeness (QED) is 0.808. The number of hydrogen-bond donors (Lipinski definition) is 0. The Morgan fingerprint density at radius 1 is 1.15 bits per heavy atom. The van der Waals surface area contributed by atoms with E-state index in [1.54, 1.807) is 16.0 Å². The number of ether oxygens (including phenoxy) is 1. The summed E-state index contributed by atoms with van der Waals surface area (Å²) in [4.78, 5) is 37.2. The summed E-state index contributed by atoms with van der Waals surface area (Å²) in [5.74, 6) is -0.103. The van der Waals surface area contributed by atoms with Gasteiger partial charge in [-0.1, -0.05) is 18.2 Å². The van der Waals surface area contributed by atoms with E-state index >= 15 is 0 Å². The Morgan fingerprint density at radius 2 is 1.96 bits per heavy atom. The Bertz CT molecular complexity index is 825. The molecular weight excluding hydrogens is 344 g/mol. The molecule has 0 aliphatic carbocycles. The molecule has 0 saturated carbocycles. The number of aromatic nitrogens is 2. The summed E-state index contributed by atoms with van der Waals surface area (Å²) in [7, 11) is 0. The van der Waals surface area contributed by atoms with Crippen LogP contribution in [0.3, 0.4) is 0 Å². The van der Waals surface area contributed by atoms with E-state index in [1.807, 2.05) is 37.3 Å². The van der Waals surface area contributed by atoms with Crippen molar-refractivity contribution < 1.29 is 14.3 Å². The summed E-state index contributed by atoms with van der Waals surface area (Å²) in [5, 5.41) is 0. The third kappa shape index (κ3) is 3.68. The number of carbonyl (C=O) groups is 2. The van der Waals surface area contributed by atoms with Crippen molar-refractivity contribution in [1.82, 2.24) is 14.9 Å². The molecule has 2 amide bonds. The Labute approximate surface area is 158 Å². The number of nitrogens with zero attached hydrogens (tertiary/aromatic N) is 4. The van der Waals surface area contributed by atoms with Gasteiger partial charge in [0.05, 0.1) is 18.0 Å². The number of hydrogen-bond acceptors (Lipinski definition) is 5.